The van der Waals surface area contributed by atoms with Crippen molar-refractivity contribution >= 4 is 17.9 Å². The minimum Gasteiger partial charge on any atom is -0.508 e. The lowest BCUT2D eigenvalue weighted by molar-refractivity contribution is -0.141. The lowest BCUT2D eigenvalue weighted by Gasteiger charge is -2.34. The molecule has 8 heteroatoms. The van der Waals surface area contributed by atoms with Gasteiger partial charge >= 0.3 is 6.09 Å². The molecule has 0 aliphatic heterocycles. The number of ether oxygens (including phenoxy) is 1. The Morgan fingerprint density at radius 1 is 1.05 bits per heavy atom. The number of rotatable bonds is 13. The van der Waals surface area contributed by atoms with Crippen molar-refractivity contribution in [3.8, 4) is 5.75 Å². The Kier molecular flexibility index (Phi) is 11.9. The highest BCUT2D eigenvalue weighted by atomic mass is 16.6. The number of hydrogen-bond donors (Lipinski definition) is 3. The Balaban J connectivity index is 2.43. The van der Waals surface area contributed by atoms with Gasteiger partial charge in [-0.3, -0.25) is 9.59 Å². The van der Waals surface area contributed by atoms with Gasteiger partial charge in [0.15, 0.2) is 0 Å². The fourth-order valence-corrected chi connectivity index (χ4v) is 3.97. The van der Waals surface area contributed by atoms with Gasteiger partial charge in [-0.1, -0.05) is 68.3 Å². The quantitative estimate of drug-likeness (QED) is 0.256. The second-order valence-electron chi connectivity index (χ2n) is 10.2. The van der Waals surface area contributed by atoms with E-state index in [-0.39, 0.29) is 24.6 Å². The van der Waals surface area contributed by atoms with Crippen molar-refractivity contribution in [3.63, 3.8) is 0 Å². The van der Waals surface area contributed by atoms with Gasteiger partial charge in [-0.15, -0.1) is 6.58 Å². The number of carbonyl (C=O) groups excluding carboxylic acids is 3. The first kappa shape index (κ1) is 30.4. The van der Waals surface area contributed by atoms with Crippen LogP contribution in [-0.2, 0) is 20.7 Å². The number of phenolic OH excluding ortho intramolecular Hbond substituents is 1. The molecular weight excluding hydrogens is 482 g/mol. The highest BCUT2D eigenvalue weighted by molar-refractivity contribution is 5.92. The summed E-state index contributed by atoms with van der Waals surface area (Å²) in [5.41, 5.74) is 0.606. The molecule has 0 saturated carbocycles. The Morgan fingerprint density at radius 2 is 1.71 bits per heavy atom. The number of amides is 3. The Hall–Kier alpha value is -3.81. The molecule has 206 valence electrons. The first-order valence-corrected chi connectivity index (χ1v) is 13.1. The third-order valence-corrected chi connectivity index (χ3v) is 5.73. The Labute approximate surface area is 226 Å². The van der Waals surface area contributed by atoms with E-state index in [0.717, 1.165) is 24.8 Å². The van der Waals surface area contributed by atoms with Gasteiger partial charge in [0.05, 0.1) is 0 Å². The normalized spacial score (nSPS) is 12.6. The molecule has 2 rings (SSSR count). The molecule has 0 saturated heterocycles. The number of unbranched alkanes of at least 4 members (excludes halogenated alkanes) is 2. The van der Waals surface area contributed by atoms with Gasteiger partial charge in [0, 0.05) is 19.5 Å². The SMILES string of the molecule is C=CCN(C(=O)C(Cc1ccc(O)cc1)NC(=O)OC(C)(C)C)C(C(=O)NCCCCC)c1ccccc1. The molecule has 3 amide bonds. The van der Waals surface area contributed by atoms with Crippen LogP contribution in [0.2, 0.25) is 0 Å². The van der Waals surface area contributed by atoms with Crippen LogP contribution in [0.3, 0.4) is 0 Å². The molecule has 3 N–H and O–H groups in total. The standard InChI is InChI=1S/C30H41N3O5/c1-6-8-12-19-31-27(35)26(23-13-10-9-11-14-23)33(20-7-2)28(36)25(32-29(37)38-30(3,4)5)21-22-15-17-24(34)18-16-22/h7,9-11,13-18,25-26,34H,2,6,8,12,19-21H2,1,3-5H3,(H,31,35)(H,32,37). The second-order valence-corrected chi connectivity index (χ2v) is 10.2. The summed E-state index contributed by atoms with van der Waals surface area (Å²) in [5.74, 6) is -0.668. The zero-order chi connectivity index (χ0) is 28.1. The number of nitrogens with one attached hydrogen (secondary N) is 2. The molecule has 8 nitrogen and oxygen atoms in total. The van der Waals surface area contributed by atoms with Gasteiger partial charge in [-0.05, 0) is 50.5 Å². The van der Waals surface area contributed by atoms with Crippen molar-refractivity contribution in [2.75, 3.05) is 13.1 Å². The zero-order valence-electron chi connectivity index (χ0n) is 22.9. The molecule has 38 heavy (non-hydrogen) atoms. The topological polar surface area (TPSA) is 108 Å². The molecule has 0 bridgehead atoms. The van der Waals surface area contributed by atoms with E-state index in [9.17, 15) is 19.5 Å². The van der Waals surface area contributed by atoms with E-state index >= 15 is 0 Å². The number of nitrogens with zero attached hydrogens (tertiary/aromatic N) is 1. The van der Waals surface area contributed by atoms with Crippen LogP contribution >= 0.6 is 0 Å². The maximum absolute atomic E-state index is 14.1. The van der Waals surface area contributed by atoms with E-state index in [4.69, 9.17) is 4.74 Å². The number of benzene rings is 2. The summed E-state index contributed by atoms with van der Waals surface area (Å²) in [6, 6.07) is 13.5. The number of carbonyl (C=O) groups is 3. The molecule has 0 fully saturated rings. The predicted octanol–water partition coefficient (Wildman–Crippen LogP) is 4.89. The fraction of sp³-hybridized carbons (Fsp3) is 0.433. The second kappa shape index (κ2) is 14.8. The van der Waals surface area contributed by atoms with E-state index in [1.807, 2.05) is 18.2 Å². The van der Waals surface area contributed by atoms with Crippen LogP contribution in [0.1, 0.15) is 64.1 Å². The molecule has 0 aromatic heterocycles. The summed E-state index contributed by atoms with van der Waals surface area (Å²) in [6.45, 7) is 11.7. The van der Waals surface area contributed by atoms with Crippen LogP contribution in [0, 0.1) is 0 Å². The van der Waals surface area contributed by atoms with E-state index in [2.05, 4.69) is 24.1 Å². The summed E-state index contributed by atoms with van der Waals surface area (Å²) in [6.07, 6.45) is 3.79. The monoisotopic (exact) mass is 523 g/mol. The van der Waals surface area contributed by atoms with Crippen LogP contribution < -0.4 is 10.6 Å². The summed E-state index contributed by atoms with van der Waals surface area (Å²) in [7, 11) is 0. The summed E-state index contributed by atoms with van der Waals surface area (Å²) < 4.78 is 5.42. The van der Waals surface area contributed by atoms with E-state index in [1.165, 1.54) is 17.0 Å². The predicted molar refractivity (Wildman–Crippen MR) is 149 cm³/mol. The largest absolute Gasteiger partial charge is 0.508 e. The molecule has 2 aromatic carbocycles. The van der Waals surface area contributed by atoms with Crippen molar-refractivity contribution in [2.24, 2.45) is 0 Å². The van der Waals surface area contributed by atoms with Crippen LogP contribution in [-0.4, -0.2) is 52.6 Å². The molecule has 2 unspecified atom stereocenters. The van der Waals surface area contributed by atoms with Gasteiger partial charge in [0.1, 0.15) is 23.4 Å². The van der Waals surface area contributed by atoms with Crippen LogP contribution in [0.15, 0.2) is 67.3 Å². The highest BCUT2D eigenvalue weighted by Gasteiger charge is 2.35. The molecule has 0 radical (unpaired) electrons. The molecule has 2 atom stereocenters. The van der Waals surface area contributed by atoms with Gasteiger partial charge in [-0.2, -0.15) is 0 Å². The molecule has 0 spiro atoms. The van der Waals surface area contributed by atoms with Gasteiger partial charge < -0.3 is 25.4 Å². The highest BCUT2D eigenvalue weighted by Crippen LogP contribution is 2.24. The maximum atomic E-state index is 14.1. The van der Waals surface area contributed by atoms with Crippen molar-refractivity contribution in [1.29, 1.82) is 0 Å². The van der Waals surface area contributed by atoms with Gasteiger partial charge in [-0.25, -0.2) is 4.79 Å². The first-order valence-electron chi connectivity index (χ1n) is 13.1. The number of phenols is 1. The van der Waals surface area contributed by atoms with E-state index < -0.39 is 29.7 Å². The van der Waals surface area contributed by atoms with Crippen LogP contribution in [0.4, 0.5) is 4.79 Å². The van der Waals surface area contributed by atoms with Crippen LogP contribution in [0.5, 0.6) is 5.75 Å². The lowest BCUT2D eigenvalue weighted by atomic mass is 10.00. The maximum Gasteiger partial charge on any atom is 0.408 e. The van der Waals surface area contributed by atoms with E-state index in [0.29, 0.717) is 12.1 Å². The Morgan fingerprint density at radius 3 is 2.29 bits per heavy atom. The third-order valence-electron chi connectivity index (χ3n) is 5.73. The van der Waals surface area contributed by atoms with Gasteiger partial charge in [0.25, 0.3) is 0 Å². The van der Waals surface area contributed by atoms with Crippen molar-refractivity contribution in [3.05, 3.63) is 78.4 Å². The molecule has 0 heterocycles. The average molecular weight is 524 g/mol. The minimum absolute atomic E-state index is 0.0862. The smallest absolute Gasteiger partial charge is 0.408 e. The Bertz CT molecular complexity index is 1050. The third kappa shape index (κ3) is 9.92. The van der Waals surface area contributed by atoms with Crippen molar-refractivity contribution < 1.29 is 24.2 Å². The minimum atomic E-state index is -1.03. The summed E-state index contributed by atoms with van der Waals surface area (Å²) in [5, 5.41) is 15.3. The lowest BCUT2D eigenvalue weighted by Crippen LogP contribution is -2.53. The van der Waals surface area contributed by atoms with Crippen LogP contribution in [0.25, 0.3) is 0 Å². The zero-order valence-corrected chi connectivity index (χ0v) is 22.9. The average Bonchev–Trinajstić information content (AvgIpc) is 2.86. The summed E-state index contributed by atoms with van der Waals surface area (Å²) in [4.78, 5) is 41.7. The first-order chi connectivity index (χ1) is 18.1. The molecule has 0 aliphatic rings. The summed E-state index contributed by atoms with van der Waals surface area (Å²) >= 11 is 0. The van der Waals surface area contributed by atoms with Crippen molar-refractivity contribution in [2.45, 2.75) is 71.1 Å². The molecular formula is C30H41N3O5. The van der Waals surface area contributed by atoms with Gasteiger partial charge in [0.2, 0.25) is 11.8 Å². The molecule has 2 aromatic rings. The molecule has 0 aliphatic carbocycles. The van der Waals surface area contributed by atoms with Crippen molar-refractivity contribution in [1.82, 2.24) is 15.5 Å². The fourth-order valence-electron chi connectivity index (χ4n) is 3.97. The number of aromatic hydroxyl groups is 1. The number of alkyl carbamates (subject to hydrolysis) is 1. The number of hydrogen-bond acceptors (Lipinski definition) is 5. The van der Waals surface area contributed by atoms with E-state index in [1.54, 1.807) is 51.1 Å².